The third-order valence-electron chi connectivity index (χ3n) is 2.90. The number of para-hydroxylation sites is 1. The van der Waals surface area contributed by atoms with Crippen LogP contribution in [0.4, 0.5) is 27.5 Å². The first kappa shape index (κ1) is 13.8. The lowest BCUT2D eigenvalue weighted by molar-refractivity contribution is 0.475. The summed E-state index contributed by atoms with van der Waals surface area (Å²) in [5.74, 6) is -0.0835. The minimum absolute atomic E-state index is 0.0547. The molecule has 6 heteroatoms. The number of phenols is 1. The topological polar surface area (TPSA) is 70.1 Å². The standard InChI is InChI=1S/C16H13FN4O/c17-14-10-18-16(20-11-4-2-1-3-5-11)21-15(14)19-12-6-8-13(22)9-7-12/h1-10,22H,(H2,18,19,20,21). The van der Waals surface area contributed by atoms with Gasteiger partial charge in [-0.2, -0.15) is 4.98 Å². The maximum atomic E-state index is 13.8. The first-order chi connectivity index (χ1) is 10.7. The molecule has 0 fully saturated rings. The van der Waals surface area contributed by atoms with Crippen LogP contribution in [0, 0.1) is 5.82 Å². The lowest BCUT2D eigenvalue weighted by atomic mass is 10.3. The minimum Gasteiger partial charge on any atom is -0.508 e. The zero-order valence-electron chi connectivity index (χ0n) is 11.5. The van der Waals surface area contributed by atoms with Gasteiger partial charge in [0.1, 0.15) is 5.75 Å². The van der Waals surface area contributed by atoms with Crippen LogP contribution < -0.4 is 10.6 Å². The van der Waals surface area contributed by atoms with E-state index in [0.717, 1.165) is 11.9 Å². The second-order valence-corrected chi connectivity index (χ2v) is 4.55. The van der Waals surface area contributed by atoms with Crippen LogP contribution in [0.1, 0.15) is 0 Å². The molecule has 3 rings (SSSR count). The van der Waals surface area contributed by atoms with Crippen LogP contribution in [0.25, 0.3) is 0 Å². The molecule has 0 aliphatic rings. The Morgan fingerprint density at radius 3 is 2.27 bits per heavy atom. The molecule has 0 amide bonds. The molecule has 0 saturated heterocycles. The van der Waals surface area contributed by atoms with E-state index in [1.807, 2.05) is 30.3 Å². The van der Waals surface area contributed by atoms with Crippen molar-refractivity contribution in [3.8, 4) is 5.75 Å². The molecule has 2 aromatic carbocycles. The Balaban J connectivity index is 1.82. The highest BCUT2D eigenvalue weighted by molar-refractivity contribution is 5.60. The van der Waals surface area contributed by atoms with Crippen molar-refractivity contribution in [2.75, 3.05) is 10.6 Å². The third kappa shape index (κ3) is 3.29. The number of rotatable bonds is 4. The molecule has 0 saturated carbocycles. The van der Waals surface area contributed by atoms with E-state index in [1.54, 1.807) is 12.1 Å². The maximum Gasteiger partial charge on any atom is 0.229 e. The largest absolute Gasteiger partial charge is 0.508 e. The Morgan fingerprint density at radius 2 is 1.55 bits per heavy atom. The first-order valence-electron chi connectivity index (χ1n) is 6.61. The molecule has 110 valence electrons. The molecular weight excluding hydrogens is 283 g/mol. The van der Waals surface area contributed by atoms with E-state index in [1.165, 1.54) is 12.1 Å². The van der Waals surface area contributed by atoms with Crippen LogP contribution in [-0.2, 0) is 0 Å². The molecule has 0 spiro atoms. The fourth-order valence-electron chi connectivity index (χ4n) is 1.85. The van der Waals surface area contributed by atoms with Crippen molar-refractivity contribution < 1.29 is 9.50 Å². The van der Waals surface area contributed by atoms with Crippen molar-refractivity contribution in [2.45, 2.75) is 0 Å². The normalized spacial score (nSPS) is 10.2. The van der Waals surface area contributed by atoms with E-state index in [2.05, 4.69) is 20.6 Å². The van der Waals surface area contributed by atoms with Crippen LogP contribution in [0.3, 0.4) is 0 Å². The molecule has 5 nitrogen and oxygen atoms in total. The fourth-order valence-corrected chi connectivity index (χ4v) is 1.85. The van der Waals surface area contributed by atoms with Crippen molar-refractivity contribution in [1.29, 1.82) is 0 Å². The first-order valence-corrected chi connectivity index (χ1v) is 6.61. The molecule has 0 aliphatic carbocycles. The fraction of sp³-hybridized carbons (Fsp3) is 0. The summed E-state index contributed by atoms with van der Waals surface area (Å²) in [5, 5.41) is 15.1. The van der Waals surface area contributed by atoms with Gasteiger partial charge in [0.05, 0.1) is 6.20 Å². The number of nitrogens with one attached hydrogen (secondary N) is 2. The third-order valence-corrected chi connectivity index (χ3v) is 2.90. The molecule has 0 radical (unpaired) electrons. The van der Waals surface area contributed by atoms with Gasteiger partial charge in [0, 0.05) is 11.4 Å². The highest BCUT2D eigenvalue weighted by Gasteiger charge is 2.07. The molecule has 3 aromatic rings. The van der Waals surface area contributed by atoms with Gasteiger partial charge < -0.3 is 15.7 Å². The van der Waals surface area contributed by atoms with E-state index < -0.39 is 5.82 Å². The summed E-state index contributed by atoms with van der Waals surface area (Å²) < 4.78 is 13.8. The lowest BCUT2D eigenvalue weighted by Crippen LogP contribution is -2.03. The van der Waals surface area contributed by atoms with Gasteiger partial charge in [0.25, 0.3) is 0 Å². The van der Waals surface area contributed by atoms with Gasteiger partial charge in [-0.1, -0.05) is 18.2 Å². The van der Waals surface area contributed by atoms with Gasteiger partial charge in [-0.05, 0) is 36.4 Å². The van der Waals surface area contributed by atoms with E-state index in [9.17, 15) is 9.50 Å². The summed E-state index contributed by atoms with van der Waals surface area (Å²) in [5.41, 5.74) is 1.42. The predicted molar refractivity (Wildman–Crippen MR) is 83.1 cm³/mol. The van der Waals surface area contributed by atoms with Crippen LogP contribution in [0.2, 0.25) is 0 Å². The number of nitrogens with zero attached hydrogens (tertiary/aromatic N) is 2. The van der Waals surface area contributed by atoms with Crippen molar-refractivity contribution in [3.63, 3.8) is 0 Å². The number of aromatic nitrogens is 2. The van der Waals surface area contributed by atoms with Crippen LogP contribution in [0.5, 0.6) is 5.75 Å². The number of hydrogen-bond acceptors (Lipinski definition) is 5. The summed E-state index contributed by atoms with van der Waals surface area (Å²) in [6.45, 7) is 0. The van der Waals surface area contributed by atoms with Crippen LogP contribution in [0.15, 0.2) is 60.8 Å². The highest BCUT2D eigenvalue weighted by Crippen LogP contribution is 2.21. The summed E-state index contributed by atoms with van der Waals surface area (Å²) in [6.07, 6.45) is 1.10. The Morgan fingerprint density at radius 1 is 0.864 bits per heavy atom. The summed E-state index contributed by atoms with van der Waals surface area (Å²) in [6, 6.07) is 15.6. The molecule has 1 heterocycles. The average molecular weight is 296 g/mol. The van der Waals surface area contributed by atoms with Gasteiger partial charge in [0.15, 0.2) is 11.6 Å². The van der Waals surface area contributed by atoms with Crippen molar-refractivity contribution in [2.24, 2.45) is 0 Å². The Kier molecular flexibility index (Phi) is 3.82. The summed E-state index contributed by atoms with van der Waals surface area (Å²) >= 11 is 0. The average Bonchev–Trinajstić information content (AvgIpc) is 2.54. The summed E-state index contributed by atoms with van der Waals surface area (Å²) in [7, 11) is 0. The molecule has 1 aromatic heterocycles. The number of benzene rings is 2. The van der Waals surface area contributed by atoms with Gasteiger partial charge in [-0.25, -0.2) is 9.37 Å². The number of anilines is 4. The summed E-state index contributed by atoms with van der Waals surface area (Å²) in [4.78, 5) is 8.03. The second kappa shape index (κ2) is 6.09. The second-order valence-electron chi connectivity index (χ2n) is 4.55. The zero-order valence-corrected chi connectivity index (χ0v) is 11.5. The van der Waals surface area contributed by atoms with Crippen molar-refractivity contribution in [1.82, 2.24) is 9.97 Å². The maximum absolute atomic E-state index is 13.8. The Labute approximate surface area is 126 Å². The molecular formula is C16H13FN4O. The molecule has 0 unspecified atom stereocenters. The SMILES string of the molecule is Oc1ccc(Nc2nc(Nc3ccccc3)ncc2F)cc1. The molecule has 0 atom stereocenters. The smallest absolute Gasteiger partial charge is 0.229 e. The Bertz CT molecular complexity index is 763. The monoisotopic (exact) mass is 296 g/mol. The number of phenolic OH excluding ortho intramolecular Hbond substituents is 1. The van der Waals surface area contributed by atoms with Gasteiger partial charge in [-0.3, -0.25) is 0 Å². The molecule has 22 heavy (non-hydrogen) atoms. The van der Waals surface area contributed by atoms with Crippen molar-refractivity contribution in [3.05, 3.63) is 66.6 Å². The molecule has 3 N–H and O–H groups in total. The molecule has 0 bridgehead atoms. The number of halogens is 1. The van der Waals surface area contributed by atoms with Crippen LogP contribution >= 0.6 is 0 Å². The van der Waals surface area contributed by atoms with Crippen molar-refractivity contribution >= 4 is 23.1 Å². The quantitative estimate of drug-likeness (QED) is 0.639. The van der Waals surface area contributed by atoms with Crippen LogP contribution in [-0.4, -0.2) is 15.1 Å². The van der Waals surface area contributed by atoms with E-state index in [0.29, 0.717) is 5.69 Å². The van der Waals surface area contributed by atoms with E-state index in [4.69, 9.17) is 0 Å². The molecule has 0 aliphatic heterocycles. The number of hydrogen-bond donors (Lipinski definition) is 3. The number of aromatic hydroxyl groups is 1. The highest BCUT2D eigenvalue weighted by atomic mass is 19.1. The Hall–Kier alpha value is -3.15. The van der Waals surface area contributed by atoms with Gasteiger partial charge in [0.2, 0.25) is 5.95 Å². The predicted octanol–water partition coefficient (Wildman–Crippen LogP) is 3.81. The van der Waals surface area contributed by atoms with Gasteiger partial charge >= 0.3 is 0 Å². The van der Waals surface area contributed by atoms with Gasteiger partial charge in [-0.15, -0.1) is 0 Å². The zero-order chi connectivity index (χ0) is 15.4. The lowest BCUT2D eigenvalue weighted by Gasteiger charge is -2.09. The van der Waals surface area contributed by atoms with E-state index >= 15 is 0 Å². The van der Waals surface area contributed by atoms with E-state index in [-0.39, 0.29) is 17.5 Å². The minimum atomic E-state index is -0.563.